The number of hydrogen-bond donors (Lipinski definition) is 1. The molecule has 1 aliphatic heterocycles. The first-order valence-corrected chi connectivity index (χ1v) is 6.50. The Kier molecular flexibility index (Phi) is 3.28. The molecule has 0 bridgehead atoms. The molecule has 0 unspecified atom stereocenters. The molecule has 1 N–H and O–H groups in total. The van der Waals surface area contributed by atoms with Crippen LogP contribution in [0.5, 0.6) is 0 Å². The second-order valence-corrected chi connectivity index (χ2v) is 4.63. The number of pyridine rings is 1. The quantitative estimate of drug-likeness (QED) is 0.884. The minimum atomic E-state index is 0.00134. The molecule has 0 saturated carbocycles. The fraction of sp³-hybridized carbons (Fsp3) is 0.286. The topological polar surface area (TPSA) is 71.0 Å². The van der Waals surface area contributed by atoms with Crippen molar-refractivity contribution in [3.05, 3.63) is 47.5 Å². The third-order valence-corrected chi connectivity index (χ3v) is 3.35. The van der Waals surface area contributed by atoms with Gasteiger partial charge in [0.25, 0.3) is 5.91 Å². The summed E-state index contributed by atoms with van der Waals surface area (Å²) < 4.78 is 0. The van der Waals surface area contributed by atoms with Gasteiger partial charge in [0, 0.05) is 50.7 Å². The Morgan fingerprint density at radius 2 is 2.30 bits per heavy atom. The third-order valence-electron chi connectivity index (χ3n) is 3.35. The van der Waals surface area contributed by atoms with Crippen LogP contribution in [-0.2, 0) is 13.0 Å². The van der Waals surface area contributed by atoms with Gasteiger partial charge < -0.3 is 10.2 Å². The number of nitrogens with one attached hydrogen (secondary N) is 1. The van der Waals surface area contributed by atoms with Crippen LogP contribution in [0.15, 0.2) is 30.7 Å². The number of hydrogen-bond acceptors (Lipinski definition) is 5. The Morgan fingerprint density at radius 3 is 3.05 bits per heavy atom. The van der Waals surface area contributed by atoms with Crippen LogP contribution in [-0.4, -0.2) is 39.4 Å². The van der Waals surface area contributed by atoms with E-state index < -0.39 is 0 Å². The van der Waals surface area contributed by atoms with Crippen LogP contribution in [0.1, 0.15) is 21.6 Å². The summed E-state index contributed by atoms with van der Waals surface area (Å²) in [5.74, 6) is 0.622. The van der Waals surface area contributed by atoms with Gasteiger partial charge in [0.1, 0.15) is 0 Å². The van der Waals surface area contributed by atoms with Gasteiger partial charge >= 0.3 is 0 Å². The van der Waals surface area contributed by atoms with E-state index in [1.165, 1.54) is 0 Å². The van der Waals surface area contributed by atoms with E-state index in [4.69, 9.17) is 0 Å². The molecule has 0 radical (unpaired) electrons. The fourth-order valence-corrected chi connectivity index (χ4v) is 2.28. The lowest BCUT2D eigenvalue weighted by Crippen LogP contribution is -2.36. The molecule has 6 heteroatoms. The van der Waals surface area contributed by atoms with Gasteiger partial charge in [-0.05, 0) is 12.1 Å². The molecule has 0 atom stereocenters. The summed E-state index contributed by atoms with van der Waals surface area (Å²) in [5.41, 5.74) is 2.63. The van der Waals surface area contributed by atoms with Gasteiger partial charge in [-0.3, -0.25) is 9.78 Å². The summed E-state index contributed by atoms with van der Waals surface area (Å²) in [6, 6.07) is 3.55. The van der Waals surface area contributed by atoms with Gasteiger partial charge in [0.05, 0.1) is 11.3 Å². The van der Waals surface area contributed by atoms with E-state index in [-0.39, 0.29) is 5.91 Å². The largest absolute Gasteiger partial charge is 0.357 e. The highest BCUT2D eigenvalue weighted by Crippen LogP contribution is 2.19. The monoisotopic (exact) mass is 269 g/mol. The first-order chi connectivity index (χ1) is 9.78. The van der Waals surface area contributed by atoms with Gasteiger partial charge in [0.2, 0.25) is 5.95 Å². The third kappa shape index (κ3) is 2.32. The van der Waals surface area contributed by atoms with Crippen LogP contribution >= 0.6 is 0 Å². The van der Waals surface area contributed by atoms with Crippen molar-refractivity contribution in [1.29, 1.82) is 0 Å². The smallest absolute Gasteiger partial charge is 0.255 e. The predicted octanol–water partition coefficient (Wildman–Crippen LogP) is 1.11. The molecule has 2 aromatic heterocycles. The number of nitrogens with zero attached hydrogens (tertiary/aromatic N) is 4. The summed E-state index contributed by atoms with van der Waals surface area (Å²) in [4.78, 5) is 26.8. The zero-order chi connectivity index (χ0) is 13.9. The Balaban J connectivity index is 1.80. The molecule has 1 aliphatic rings. The van der Waals surface area contributed by atoms with Crippen molar-refractivity contribution in [1.82, 2.24) is 19.9 Å². The van der Waals surface area contributed by atoms with Crippen LogP contribution in [0.4, 0.5) is 5.95 Å². The Labute approximate surface area is 116 Å². The number of amides is 1. The van der Waals surface area contributed by atoms with Crippen LogP contribution in [0.25, 0.3) is 0 Å². The van der Waals surface area contributed by atoms with Gasteiger partial charge in [-0.25, -0.2) is 9.97 Å². The summed E-state index contributed by atoms with van der Waals surface area (Å²) >= 11 is 0. The summed E-state index contributed by atoms with van der Waals surface area (Å²) in [7, 11) is 1.79. The van der Waals surface area contributed by atoms with Gasteiger partial charge in [-0.2, -0.15) is 0 Å². The molecule has 6 nitrogen and oxygen atoms in total. The molecular weight excluding hydrogens is 254 g/mol. The van der Waals surface area contributed by atoms with Crippen LogP contribution in [0, 0.1) is 0 Å². The Hall–Kier alpha value is -2.50. The molecule has 0 aromatic carbocycles. The zero-order valence-corrected chi connectivity index (χ0v) is 11.2. The minimum Gasteiger partial charge on any atom is -0.357 e. The predicted molar refractivity (Wildman–Crippen MR) is 74.3 cm³/mol. The van der Waals surface area contributed by atoms with Crippen molar-refractivity contribution < 1.29 is 4.79 Å². The van der Waals surface area contributed by atoms with Crippen molar-refractivity contribution in [3.63, 3.8) is 0 Å². The highest BCUT2D eigenvalue weighted by Gasteiger charge is 2.23. The van der Waals surface area contributed by atoms with E-state index in [2.05, 4.69) is 20.3 Å². The maximum atomic E-state index is 12.4. The van der Waals surface area contributed by atoms with Crippen molar-refractivity contribution in [2.75, 3.05) is 18.9 Å². The summed E-state index contributed by atoms with van der Waals surface area (Å²) in [6.45, 7) is 1.22. The van der Waals surface area contributed by atoms with Gasteiger partial charge in [-0.1, -0.05) is 0 Å². The molecule has 2 aromatic rings. The summed E-state index contributed by atoms with van der Waals surface area (Å²) in [5, 5.41) is 2.93. The minimum absolute atomic E-state index is 0.00134. The van der Waals surface area contributed by atoms with E-state index in [0.717, 1.165) is 17.7 Å². The van der Waals surface area contributed by atoms with Crippen molar-refractivity contribution in [3.8, 4) is 0 Å². The standard InChI is InChI=1S/C14H15N5O/c1-15-14-17-8-11-9-19(6-4-12(11)18-14)13(20)10-3-2-5-16-7-10/h2-3,5,7-8H,4,6,9H2,1H3,(H,15,17,18). The molecular formula is C14H15N5O. The average Bonchev–Trinajstić information content (AvgIpc) is 2.54. The molecule has 20 heavy (non-hydrogen) atoms. The maximum Gasteiger partial charge on any atom is 0.255 e. The van der Waals surface area contributed by atoms with E-state index in [1.807, 2.05) is 4.90 Å². The van der Waals surface area contributed by atoms with E-state index >= 15 is 0 Å². The molecule has 0 spiro atoms. The zero-order valence-electron chi connectivity index (χ0n) is 11.2. The highest BCUT2D eigenvalue weighted by molar-refractivity contribution is 5.94. The lowest BCUT2D eigenvalue weighted by molar-refractivity contribution is 0.0733. The van der Waals surface area contributed by atoms with Gasteiger partial charge in [-0.15, -0.1) is 0 Å². The first-order valence-electron chi connectivity index (χ1n) is 6.50. The first kappa shape index (κ1) is 12.5. The molecule has 0 fully saturated rings. The normalized spacial score (nSPS) is 13.8. The Morgan fingerprint density at radius 1 is 1.40 bits per heavy atom. The number of rotatable bonds is 2. The van der Waals surface area contributed by atoms with Crippen LogP contribution in [0.3, 0.4) is 0 Å². The maximum absolute atomic E-state index is 12.4. The van der Waals surface area contributed by atoms with Crippen LogP contribution in [0.2, 0.25) is 0 Å². The molecule has 3 heterocycles. The molecule has 3 rings (SSSR count). The molecule has 0 aliphatic carbocycles. The number of carbonyl (C=O) groups excluding carboxylic acids is 1. The van der Waals surface area contributed by atoms with Crippen molar-refractivity contribution >= 4 is 11.9 Å². The second-order valence-electron chi connectivity index (χ2n) is 4.63. The van der Waals surface area contributed by atoms with Gasteiger partial charge in [0.15, 0.2) is 0 Å². The lowest BCUT2D eigenvalue weighted by Gasteiger charge is -2.28. The number of aromatic nitrogens is 3. The highest BCUT2D eigenvalue weighted by atomic mass is 16.2. The second kappa shape index (κ2) is 5.24. The lowest BCUT2D eigenvalue weighted by atomic mass is 10.1. The number of carbonyl (C=O) groups is 1. The molecule has 1 amide bonds. The van der Waals surface area contributed by atoms with Crippen molar-refractivity contribution in [2.24, 2.45) is 0 Å². The number of fused-ring (bicyclic) bond motifs is 1. The summed E-state index contributed by atoms with van der Waals surface area (Å²) in [6.07, 6.45) is 5.79. The van der Waals surface area contributed by atoms with Crippen LogP contribution < -0.4 is 5.32 Å². The average molecular weight is 269 g/mol. The fourth-order valence-electron chi connectivity index (χ4n) is 2.28. The van der Waals surface area contributed by atoms with Crippen molar-refractivity contribution in [2.45, 2.75) is 13.0 Å². The number of anilines is 1. The SMILES string of the molecule is CNc1ncc2c(n1)CCN(C(=O)c1cccnc1)C2. The Bertz CT molecular complexity index is 629. The van der Waals surface area contributed by atoms with E-state index in [1.54, 1.807) is 37.8 Å². The van der Waals surface area contributed by atoms with E-state index in [0.29, 0.717) is 24.6 Å². The molecule has 102 valence electrons. The molecule has 0 saturated heterocycles. The van der Waals surface area contributed by atoms with E-state index in [9.17, 15) is 4.79 Å².